The minimum atomic E-state index is -0.726. The molecule has 5 aromatic rings. The maximum Gasteiger partial charge on any atom is 0.307 e. The molecule has 0 spiro atoms. The number of carbonyl (C=O) groups is 1. The number of hydrogen-bond acceptors (Lipinski definition) is 4. The first-order valence-corrected chi connectivity index (χ1v) is 13.3. The van der Waals surface area contributed by atoms with Crippen molar-refractivity contribution in [3.8, 4) is 5.75 Å². The number of pyridine rings is 1. The second-order valence-electron chi connectivity index (χ2n) is 10.3. The third-order valence-electron chi connectivity index (χ3n) is 7.80. The maximum atomic E-state index is 12.2. The number of benzene rings is 3. The van der Waals surface area contributed by atoms with Crippen molar-refractivity contribution in [2.75, 3.05) is 0 Å². The maximum absolute atomic E-state index is 12.2. The smallest absolute Gasteiger partial charge is 0.307 e. The van der Waals surface area contributed by atoms with Gasteiger partial charge in [-0.15, -0.1) is 0 Å². The number of aliphatic carboxylic acids is 1. The molecule has 0 radical (unpaired) electrons. The van der Waals surface area contributed by atoms with Gasteiger partial charge in [-0.05, 0) is 55.2 Å². The Labute approximate surface area is 221 Å². The summed E-state index contributed by atoms with van der Waals surface area (Å²) >= 11 is 0. The number of carboxylic acids is 1. The van der Waals surface area contributed by atoms with E-state index in [2.05, 4.69) is 35.8 Å². The summed E-state index contributed by atoms with van der Waals surface area (Å²) in [5.41, 5.74) is 6.05. The Hall–Kier alpha value is -4.19. The second kappa shape index (κ2) is 10.3. The van der Waals surface area contributed by atoms with Crippen LogP contribution >= 0.6 is 0 Å². The number of fused-ring (bicyclic) bond motifs is 2. The summed E-state index contributed by atoms with van der Waals surface area (Å²) in [6, 6.07) is 26.4. The molecule has 38 heavy (non-hydrogen) atoms. The molecule has 1 N–H and O–H groups in total. The van der Waals surface area contributed by atoms with Crippen LogP contribution in [0.5, 0.6) is 5.75 Å². The van der Waals surface area contributed by atoms with Gasteiger partial charge in [0.15, 0.2) is 0 Å². The number of ether oxygens (including phenoxy) is 1. The number of imidazole rings is 1. The van der Waals surface area contributed by atoms with Gasteiger partial charge < -0.3 is 14.4 Å². The first-order valence-electron chi connectivity index (χ1n) is 13.3. The Morgan fingerprint density at radius 2 is 1.76 bits per heavy atom. The summed E-state index contributed by atoms with van der Waals surface area (Å²) in [6.07, 6.45) is 3.51. The van der Waals surface area contributed by atoms with Gasteiger partial charge in [0.05, 0.1) is 28.2 Å². The van der Waals surface area contributed by atoms with Gasteiger partial charge in [0.2, 0.25) is 0 Å². The zero-order chi connectivity index (χ0) is 26.1. The number of aromatic nitrogens is 3. The molecule has 0 aliphatic heterocycles. The Morgan fingerprint density at radius 3 is 2.63 bits per heavy atom. The predicted molar refractivity (Wildman–Crippen MR) is 148 cm³/mol. The van der Waals surface area contributed by atoms with Crippen molar-refractivity contribution in [2.24, 2.45) is 5.92 Å². The standard InChI is InChI=1S/C32H31N3O3/c1-21-8-2-3-10-23(21)19-35-30-17-16-25(38-20-24-15-14-22-9-4-7-13-28(22)33-24)18-29(30)34-31(35)26-11-5-6-12-27(26)32(36)37/h2-4,7-10,13-18,26-27H,5-6,11-12,19-20H2,1H3,(H,36,37)/t26-,27+/m0/s1. The van der Waals surface area contributed by atoms with E-state index in [4.69, 9.17) is 14.7 Å². The van der Waals surface area contributed by atoms with E-state index in [1.165, 1.54) is 11.1 Å². The van der Waals surface area contributed by atoms with Crippen LogP contribution in [-0.4, -0.2) is 25.6 Å². The van der Waals surface area contributed by atoms with Crippen LogP contribution in [0.1, 0.15) is 54.2 Å². The van der Waals surface area contributed by atoms with E-state index >= 15 is 0 Å². The van der Waals surface area contributed by atoms with E-state index in [0.29, 0.717) is 19.6 Å². The highest BCUT2D eigenvalue weighted by atomic mass is 16.5. The quantitative estimate of drug-likeness (QED) is 0.261. The van der Waals surface area contributed by atoms with Crippen molar-refractivity contribution in [3.05, 3.63) is 102 Å². The van der Waals surface area contributed by atoms with E-state index in [0.717, 1.165) is 58.5 Å². The van der Waals surface area contributed by atoms with Crippen molar-refractivity contribution in [2.45, 2.75) is 51.7 Å². The van der Waals surface area contributed by atoms with E-state index in [1.54, 1.807) is 0 Å². The van der Waals surface area contributed by atoms with Crippen molar-refractivity contribution in [1.82, 2.24) is 14.5 Å². The van der Waals surface area contributed by atoms with Gasteiger partial charge in [-0.2, -0.15) is 0 Å². The van der Waals surface area contributed by atoms with Crippen LogP contribution in [0, 0.1) is 12.8 Å². The molecule has 2 aromatic heterocycles. The lowest BCUT2D eigenvalue weighted by molar-refractivity contribution is -0.143. The lowest BCUT2D eigenvalue weighted by atomic mass is 9.78. The van der Waals surface area contributed by atoms with Crippen LogP contribution in [0.4, 0.5) is 0 Å². The number of rotatable bonds is 7. The van der Waals surface area contributed by atoms with Crippen LogP contribution in [0.15, 0.2) is 78.9 Å². The Kier molecular flexibility index (Phi) is 6.54. The van der Waals surface area contributed by atoms with Gasteiger partial charge >= 0.3 is 5.97 Å². The molecule has 0 amide bonds. The molecular weight excluding hydrogens is 474 g/mol. The first kappa shape index (κ1) is 24.2. The third kappa shape index (κ3) is 4.74. The molecule has 0 bridgehead atoms. The van der Waals surface area contributed by atoms with Gasteiger partial charge in [0, 0.05) is 23.9 Å². The van der Waals surface area contributed by atoms with E-state index < -0.39 is 11.9 Å². The second-order valence-corrected chi connectivity index (χ2v) is 10.3. The average molecular weight is 506 g/mol. The molecule has 1 aliphatic rings. The highest BCUT2D eigenvalue weighted by Gasteiger charge is 2.35. The van der Waals surface area contributed by atoms with Gasteiger partial charge in [-0.3, -0.25) is 4.79 Å². The monoisotopic (exact) mass is 505 g/mol. The highest BCUT2D eigenvalue weighted by Crippen LogP contribution is 2.39. The number of aryl methyl sites for hydroxylation is 1. The Morgan fingerprint density at radius 1 is 0.947 bits per heavy atom. The van der Waals surface area contributed by atoms with Crippen molar-refractivity contribution in [1.29, 1.82) is 0 Å². The van der Waals surface area contributed by atoms with Crippen LogP contribution in [0.2, 0.25) is 0 Å². The van der Waals surface area contributed by atoms with E-state index in [1.807, 2.05) is 54.6 Å². The Balaban J connectivity index is 1.34. The van der Waals surface area contributed by atoms with Crippen LogP contribution in [0.3, 0.4) is 0 Å². The topological polar surface area (TPSA) is 77.2 Å². The molecule has 0 unspecified atom stereocenters. The molecule has 6 heteroatoms. The summed E-state index contributed by atoms with van der Waals surface area (Å²) in [7, 11) is 0. The fourth-order valence-electron chi connectivity index (χ4n) is 5.71. The van der Waals surface area contributed by atoms with E-state index in [-0.39, 0.29) is 5.92 Å². The van der Waals surface area contributed by atoms with Crippen LogP contribution < -0.4 is 4.74 Å². The van der Waals surface area contributed by atoms with Gasteiger partial charge in [0.25, 0.3) is 0 Å². The Bertz CT molecular complexity index is 1620. The normalized spacial score (nSPS) is 17.6. The fourth-order valence-corrected chi connectivity index (χ4v) is 5.71. The van der Waals surface area contributed by atoms with Crippen molar-refractivity contribution in [3.63, 3.8) is 0 Å². The summed E-state index contributed by atoms with van der Waals surface area (Å²) in [5.74, 6) is 0.340. The minimum absolute atomic E-state index is 0.108. The van der Waals surface area contributed by atoms with Gasteiger partial charge in [-0.1, -0.05) is 61.4 Å². The lowest BCUT2D eigenvalue weighted by Gasteiger charge is -2.28. The number of hydrogen-bond donors (Lipinski definition) is 1. The van der Waals surface area contributed by atoms with Crippen LogP contribution in [-0.2, 0) is 17.9 Å². The molecule has 2 heterocycles. The first-order chi connectivity index (χ1) is 18.6. The number of para-hydroxylation sites is 1. The largest absolute Gasteiger partial charge is 0.487 e. The summed E-state index contributed by atoms with van der Waals surface area (Å²) in [6.45, 7) is 3.13. The van der Waals surface area contributed by atoms with E-state index in [9.17, 15) is 9.90 Å². The van der Waals surface area contributed by atoms with Gasteiger partial charge in [0.1, 0.15) is 18.2 Å². The summed E-state index contributed by atoms with van der Waals surface area (Å²) in [5, 5.41) is 11.1. The molecule has 6 rings (SSSR count). The minimum Gasteiger partial charge on any atom is -0.487 e. The highest BCUT2D eigenvalue weighted by molar-refractivity contribution is 5.79. The predicted octanol–water partition coefficient (Wildman–Crippen LogP) is 6.88. The molecule has 1 fully saturated rings. The number of carboxylic acid groups (broad SMARTS) is 1. The molecule has 6 nitrogen and oxygen atoms in total. The number of nitrogens with zero attached hydrogens (tertiary/aromatic N) is 3. The molecule has 3 aromatic carbocycles. The SMILES string of the molecule is Cc1ccccc1Cn1c([C@H]2CCCC[C@H]2C(=O)O)nc2cc(OCc3ccc4ccccc4n3)ccc21. The van der Waals surface area contributed by atoms with Gasteiger partial charge in [-0.25, -0.2) is 9.97 Å². The average Bonchev–Trinajstić information content (AvgIpc) is 3.30. The van der Waals surface area contributed by atoms with Crippen molar-refractivity contribution >= 4 is 27.9 Å². The molecule has 0 saturated heterocycles. The molecular formula is C32H31N3O3. The molecule has 1 saturated carbocycles. The molecule has 2 atom stereocenters. The van der Waals surface area contributed by atoms with Crippen LogP contribution in [0.25, 0.3) is 21.9 Å². The lowest BCUT2D eigenvalue weighted by Crippen LogP contribution is -2.27. The molecule has 1 aliphatic carbocycles. The zero-order valence-corrected chi connectivity index (χ0v) is 21.5. The molecule has 192 valence electrons. The zero-order valence-electron chi connectivity index (χ0n) is 21.5. The summed E-state index contributed by atoms with van der Waals surface area (Å²) < 4.78 is 8.36. The van der Waals surface area contributed by atoms with Crippen molar-refractivity contribution < 1.29 is 14.6 Å². The fraction of sp³-hybridized carbons (Fsp3) is 0.281. The summed E-state index contributed by atoms with van der Waals surface area (Å²) in [4.78, 5) is 21.9. The third-order valence-corrected chi connectivity index (χ3v) is 7.80.